The highest BCUT2D eigenvalue weighted by Crippen LogP contribution is 2.52. The summed E-state index contributed by atoms with van der Waals surface area (Å²) in [6.45, 7) is 4.78. The topological polar surface area (TPSA) is 3.24 Å². The molecule has 60 heavy (non-hydrogen) atoms. The number of anilines is 3. The van der Waals surface area contributed by atoms with Crippen molar-refractivity contribution in [1.29, 1.82) is 0 Å². The summed E-state index contributed by atoms with van der Waals surface area (Å²) in [6.07, 6.45) is 0. The van der Waals surface area contributed by atoms with Gasteiger partial charge in [0.2, 0.25) is 0 Å². The van der Waals surface area contributed by atoms with Gasteiger partial charge in [0, 0.05) is 22.5 Å². The maximum Gasteiger partial charge on any atom is 0.0465 e. The van der Waals surface area contributed by atoms with Gasteiger partial charge in [-0.2, -0.15) is 0 Å². The van der Waals surface area contributed by atoms with Crippen molar-refractivity contribution < 1.29 is 0 Å². The summed E-state index contributed by atoms with van der Waals surface area (Å²) in [5.74, 6) is 0. The Morgan fingerprint density at radius 2 is 0.733 bits per heavy atom. The van der Waals surface area contributed by atoms with E-state index in [1.807, 2.05) is 0 Å². The molecule has 1 aliphatic carbocycles. The molecule has 0 bridgehead atoms. The summed E-state index contributed by atoms with van der Waals surface area (Å²) in [6, 6.07) is 82.3. The van der Waals surface area contributed by atoms with Crippen molar-refractivity contribution in [1.82, 2.24) is 0 Å². The lowest BCUT2D eigenvalue weighted by Crippen LogP contribution is -2.16. The molecule has 0 spiro atoms. The maximum absolute atomic E-state index is 2.46. The first-order valence-corrected chi connectivity index (χ1v) is 20.9. The van der Waals surface area contributed by atoms with E-state index in [0.29, 0.717) is 0 Å². The molecule has 0 heterocycles. The predicted octanol–water partition coefficient (Wildman–Crippen LogP) is 16.4. The standard InChI is InChI=1S/C59H43N/c1-59(2)57-38-47(56-37-46-18-9-10-21-51(46)52-22-11-12-23-53(52)56)28-34-54(57)55-35-33-50(39-58(55)59)60(48-29-24-42(25-30-48)40-14-5-3-6-15-40)49-31-26-43(27-32-49)45-20-13-19-44(36-45)41-16-7-4-8-17-41/h3-39H,1-2H3. The Balaban J connectivity index is 0.993. The lowest BCUT2D eigenvalue weighted by atomic mass is 9.81. The molecule has 10 aromatic carbocycles. The van der Waals surface area contributed by atoms with Gasteiger partial charge in [0.25, 0.3) is 0 Å². The van der Waals surface area contributed by atoms with E-state index in [0.717, 1.165) is 17.1 Å². The van der Waals surface area contributed by atoms with Crippen LogP contribution in [0.2, 0.25) is 0 Å². The maximum atomic E-state index is 2.46. The van der Waals surface area contributed by atoms with Crippen molar-refractivity contribution >= 4 is 38.6 Å². The van der Waals surface area contributed by atoms with Gasteiger partial charge in [-0.3, -0.25) is 0 Å². The van der Waals surface area contributed by atoms with Crippen molar-refractivity contribution in [3.05, 3.63) is 236 Å². The Labute approximate surface area is 352 Å². The molecule has 0 fully saturated rings. The van der Waals surface area contributed by atoms with Crippen LogP contribution in [0, 0.1) is 0 Å². The van der Waals surface area contributed by atoms with E-state index < -0.39 is 0 Å². The van der Waals surface area contributed by atoms with E-state index in [-0.39, 0.29) is 5.41 Å². The predicted molar refractivity (Wildman–Crippen MR) is 255 cm³/mol. The second-order valence-corrected chi connectivity index (χ2v) is 16.5. The summed E-state index contributed by atoms with van der Waals surface area (Å²) in [7, 11) is 0. The van der Waals surface area contributed by atoms with Gasteiger partial charge in [0.05, 0.1) is 0 Å². The Bertz CT molecular complexity index is 3200. The van der Waals surface area contributed by atoms with Crippen LogP contribution in [-0.4, -0.2) is 0 Å². The molecule has 1 heteroatoms. The zero-order valence-corrected chi connectivity index (χ0v) is 33.8. The number of hydrogen-bond acceptors (Lipinski definition) is 1. The molecule has 11 rings (SSSR count). The molecular formula is C59H43N. The molecule has 0 amide bonds. The fraction of sp³-hybridized carbons (Fsp3) is 0.0508. The number of fused-ring (bicyclic) bond motifs is 6. The first-order valence-electron chi connectivity index (χ1n) is 20.9. The summed E-state index contributed by atoms with van der Waals surface area (Å²) in [5.41, 5.74) is 18.3. The highest BCUT2D eigenvalue weighted by molar-refractivity contribution is 6.14. The van der Waals surface area contributed by atoms with E-state index in [4.69, 9.17) is 0 Å². The summed E-state index contributed by atoms with van der Waals surface area (Å²) in [5, 5.41) is 5.15. The summed E-state index contributed by atoms with van der Waals surface area (Å²) < 4.78 is 0. The van der Waals surface area contributed by atoms with E-state index in [1.54, 1.807) is 0 Å². The molecule has 0 radical (unpaired) electrons. The van der Waals surface area contributed by atoms with E-state index >= 15 is 0 Å². The average molecular weight is 766 g/mol. The zero-order chi connectivity index (χ0) is 40.2. The second kappa shape index (κ2) is 14.4. The van der Waals surface area contributed by atoms with Crippen LogP contribution in [-0.2, 0) is 5.41 Å². The molecule has 0 unspecified atom stereocenters. The molecule has 0 N–H and O–H groups in total. The minimum Gasteiger partial charge on any atom is -0.310 e. The summed E-state index contributed by atoms with van der Waals surface area (Å²) in [4.78, 5) is 2.41. The molecule has 0 atom stereocenters. The normalized spacial score (nSPS) is 12.6. The van der Waals surface area contributed by atoms with E-state index in [2.05, 4.69) is 243 Å². The quantitative estimate of drug-likeness (QED) is 0.146. The zero-order valence-electron chi connectivity index (χ0n) is 33.8. The highest BCUT2D eigenvalue weighted by Gasteiger charge is 2.36. The Hall–Kier alpha value is -7.48. The van der Waals surface area contributed by atoms with Crippen molar-refractivity contribution in [2.24, 2.45) is 0 Å². The van der Waals surface area contributed by atoms with Crippen LogP contribution in [0.5, 0.6) is 0 Å². The third-order valence-electron chi connectivity index (χ3n) is 12.7. The first-order chi connectivity index (χ1) is 29.5. The van der Waals surface area contributed by atoms with Gasteiger partial charge in [-0.05, 0) is 143 Å². The fourth-order valence-corrected chi connectivity index (χ4v) is 9.52. The van der Waals surface area contributed by atoms with Gasteiger partial charge < -0.3 is 4.90 Å². The van der Waals surface area contributed by atoms with Gasteiger partial charge in [-0.1, -0.05) is 184 Å². The monoisotopic (exact) mass is 765 g/mol. The lowest BCUT2D eigenvalue weighted by Gasteiger charge is -2.28. The molecule has 0 aliphatic heterocycles. The number of hydrogen-bond donors (Lipinski definition) is 0. The van der Waals surface area contributed by atoms with Gasteiger partial charge in [-0.25, -0.2) is 0 Å². The molecule has 1 nitrogen and oxygen atoms in total. The second-order valence-electron chi connectivity index (χ2n) is 16.5. The van der Waals surface area contributed by atoms with Crippen molar-refractivity contribution in [2.45, 2.75) is 19.3 Å². The van der Waals surface area contributed by atoms with Crippen LogP contribution in [0.15, 0.2) is 224 Å². The van der Waals surface area contributed by atoms with Crippen LogP contribution >= 0.6 is 0 Å². The molecule has 10 aromatic rings. The minimum atomic E-state index is -0.209. The fourth-order valence-electron chi connectivity index (χ4n) is 9.52. The number of nitrogens with zero attached hydrogens (tertiary/aromatic N) is 1. The van der Waals surface area contributed by atoms with Gasteiger partial charge in [-0.15, -0.1) is 0 Å². The largest absolute Gasteiger partial charge is 0.310 e. The smallest absolute Gasteiger partial charge is 0.0465 e. The molecule has 284 valence electrons. The Kier molecular flexibility index (Phi) is 8.57. The van der Waals surface area contributed by atoms with Crippen molar-refractivity contribution in [3.8, 4) is 55.6 Å². The van der Waals surface area contributed by atoms with Crippen LogP contribution < -0.4 is 4.90 Å². The van der Waals surface area contributed by atoms with Crippen LogP contribution in [0.3, 0.4) is 0 Å². The average Bonchev–Trinajstić information content (AvgIpc) is 3.54. The molecular weight excluding hydrogens is 723 g/mol. The third-order valence-corrected chi connectivity index (χ3v) is 12.7. The third kappa shape index (κ3) is 6.10. The molecule has 0 saturated carbocycles. The number of rotatable bonds is 7. The molecule has 0 saturated heterocycles. The number of benzene rings is 10. The molecule has 0 aromatic heterocycles. The van der Waals surface area contributed by atoms with Crippen molar-refractivity contribution in [2.75, 3.05) is 4.90 Å². The molecule has 1 aliphatic rings. The van der Waals surface area contributed by atoms with E-state index in [1.165, 1.54) is 88.3 Å². The SMILES string of the molecule is CC1(C)c2cc(-c3cc4ccccc4c4ccccc34)ccc2-c2ccc(N(c3ccc(-c4ccccc4)cc3)c3ccc(-c4cccc(-c5ccccc5)c4)cc3)cc21. The van der Waals surface area contributed by atoms with Crippen LogP contribution in [0.25, 0.3) is 77.2 Å². The lowest BCUT2D eigenvalue weighted by molar-refractivity contribution is 0.660. The highest BCUT2D eigenvalue weighted by atomic mass is 15.1. The van der Waals surface area contributed by atoms with Crippen molar-refractivity contribution in [3.63, 3.8) is 0 Å². The van der Waals surface area contributed by atoms with E-state index in [9.17, 15) is 0 Å². The van der Waals surface area contributed by atoms with Gasteiger partial charge >= 0.3 is 0 Å². The Morgan fingerprint density at radius 1 is 0.283 bits per heavy atom. The summed E-state index contributed by atoms with van der Waals surface area (Å²) >= 11 is 0. The Morgan fingerprint density at radius 3 is 1.38 bits per heavy atom. The minimum absolute atomic E-state index is 0.209. The van der Waals surface area contributed by atoms with Crippen LogP contribution in [0.1, 0.15) is 25.0 Å². The van der Waals surface area contributed by atoms with Gasteiger partial charge in [0.15, 0.2) is 0 Å². The van der Waals surface area contributed by atoms with Crippen LogP contribution in [0.4, 0.5) is 17.1 Å². The van der Waals surface area contributed by atoms with Gasteiger partial charge in [0.1, 0.15) is 0 Å². The first kappa shape index (κ1) is 35.7.